The molecule has 0 saturated carbocycles. The first kappa shape index (κ1) is 10.8. The third-order valence-corrected chi connectivity index (χ3v) is 1.88. The molecule has 0 aromatic heterocycles. The van der Waals surface area contributed by atoms with E-state index in [9.17, 15) is 13.6 Å². The zero-order valence-electron chi connectivity index (χ0n) is 7.63. The molecule has 2 nitrogen and oxygen atoms in total. The minimum atomic E-state index is -1.27. The first-order valence-electron chi connectivity index (χ1n) is 4.23. The van der Waals surface area contributed by atoms with E-state index in [1.54, 1.807) is 6.92 Å². The molecule has 1 rings (SSSR count). The highest BCUT2D eigenvalue weighted by Crippen LogP contribution is 2.13. The molecule has 0 amide bonds. The van der Waals surface area contributed by atoms with Crippen LogP contribution in [0.5, 0.6) is 0 Å². The highest BCUT2D eigenvalue weighted by atomic mass is 19.1. The Bertz CT molecular complexity index is 350. The van der Waals surface area contributed by atoms with Gasteiger partial charge in [0.2, 0.25) is 0 Å². The summed E-state index contributed by atoms with van der Waals surface area (Å²) in [7, 11) is 0. The fraction of sp³-hybridized carbons (Fsp3) is 0.300. The third-order valence-electron chi connectivity index (χ3n) is 1.88. The Morgan fingerprint density at radius 3 is 2.71 bits per heavy atom. The van der Waals surface area contributed by atoms with Gasteiger partial charge in [0.25, 0.3) is 0 Å². The topological polar surface area (TPSA) is 37.3 Å². The lowest BCUT2D eigenvalue weighted by Gasteiger charge is -2.07. The number of rotatable bonds is 3. The Morgan fingerprint density at radius 1 is 1.50 bits per heavy atom. The molecule has 4 heteroatoms. The van der Waals surface area contributed by atoms with Gasteiger partial charge in [0.15, 0.2) is 5.78 Å². The van der Waals surface area contributed by atoms with Crippen molar-refractivity contribution in [2.24, 2.45) is 0 Å². The van der Waals surface area contributed by atoms with Gasteiger partial charge in [-0.2, -0.15) is 0 Å². The number of aliphatic hydroxyl groups excluding tert-OH is 1. The third kappa shape index (κ3) is 2.14. The Hall–Kier alpha value is -1.29. The average molecular weight is 200 g/mol. The second-order valence-corrected chi connectivity index (χ2v) is 2.91. The van der Waals surface area contributed by atoms with Crippen LogP contribution < -0.4 is 0 Å². The van der Waals surface area contributed by atoms with E-state index < -0.39 is 29.1 Å². The first-order chi connectivity index (χ1) is 6.56. The molecule has 1 aromatic carbocycles. The normalized spacial score (nSPS) is 12.6. The summed E-state index contributed by atoms with van der Waals surface area (Å²) < 4.78 is 25.7. The Morgan fingerprint density at radius 2 is 2.14 bits per heavy atom. The Kier molecular flexibility index (Phi) is 3.30. The van der Waals surface area contributed by atoms with Gasteiger partial charge in [0.1, 0.15) is 17.7 Å². The van der Waals surface area contributed by atoms with Crippen LogP contribution in [0.3, 0.4) is 0 Å². The lowest BCUT2D eigenvalue weighted by molar-refractivity contribution is 0.0736. The molecular formula is C10H10F2O2. The summed E-state index contributed by atoms with van der Waals surface area (Å²) in [6.45, 7) is 1.58. The van der Waals surface area contributed by atoms with Crippen molar-refractivity contribution in [3.63, 3.8) is 0 Å². The number of benzene rings is 1. The standard InChI is InChI=1S/C10H10F2O2/c1-2-9(13)10(14)7-5-6(11)3-4-8(7)12/h3-5,9,13H,2H2,1H3. The zero-order valence-corrected chi connectivity index (χ0v) is 7.63. The van der Waals surface area contributed by atoms with Gasteiger partial charge in [-0.05, 0) is 24.6 Å². The minimum absolute atomic E-state index is 0.175. The largest absolute Gasteiger partial charge is 0.385 e. The smallest absolute Gasteiger partial charge is 0.194 e. The maximum Gasteiger partial charge on any atom is 0.194 e. The summed E-state index contributed by atoms with van der Waals surface area (Å²) in [4.78, 5) is 11.3. The monoisotopic (exact) mass is 200 g/mol. The molecule has 0 bridgehead atoms. The van der Waals surface area contributed by atoms with Gasteiger partial charge >= 0.3 is 0 Å². The van der Waals surface area contributed by atoms with Crippen molar-refractivity contribution >= 4 is 5.78 Å². The summed E-state index contributed by atoms with van der Waals surface area (Å²) in [6, 6.07) is 2.58. The highest BCUT2D eigenvalue weighted by molar-refractivity contribution is 5.99. The summed E-state index contributed by atoms with van der Waals surface area (Å²) in [5, 5.41) is 9.16. The second-order valence-electron chi connectivity index (χ2n) is 2.91. The predicted octanol–water partition coefficient (Wildman–Crippen LogP) is 1.92. The Balaban J connectivity index is 3.06. The minimum Gasteiger partial charge on any atom is -0.385 e. The molecular weight excluding hydrogens is 190 g/mol. The van der Waals surface area contributed by atoms with Crippen molar-refractivity contribution < 1.29 is 18.7 Å². The SMILES string of the molecule is CCC(O)C(=O)c1cc(F)ccc1F. The molecule has 0 radical (unpaired) electrons. The van der Waals surface area contributed by atoms with Crippen molar-refractivity contribution in [2.75, 3.05) is 0 Å². The van der Waals surface area contributed by atoms with Gasteiger partial charge < -0.3 is 5.11 Å². The molecule has 0 aliphatic heterocycles. The van der Waals surface area contributed by atoms with E-state index in [4.69, 9.17) is 5.11 Å². The fourth-order valence-electron chi connectivity index (χ4n) is 1.05. The number of carbonyl (C=O) groups is 1. The molecule has 76 valence electrons. The lowest BCUT2D eigenvalue weighted by Crippen LogP contribution is -2.20. The van der Waals surface area contributed by atoms with E-state index >= 15 is 0 Å². The van der Waals surface area contributed by atoms with E-state index in [1.807, 2.05) is 0 Å². The van der Waals surface area contributed by atoms with Crippen molar-refractivity contribution in [3.8, 4) is 0 Å². The average Bonchev–Trinajstić information content (AvgIpc) is 2.19. The van der Waals surface area contributed by atoms with Gasteiger partial charge in [-0.25, -0.2) is 8.78 Å². The molecule has 14 heavy (non-hydrogen) atoms. The van der Waals surface area contributed by atoms with Crippen molar-refractivity contribution in [2.45, 2.75) is 19.4 Å². The van der Waals surface area contributed by atoms with Crippen LogP contribution in [0.1, 0.15) is 23.7 Å². The van der Waals surface area contributed by atoms with Crippen LogP contribution >= 0.6 is 0 Å². The van der Waals surface area contributed by atoms with Crippen molar-refractivity contribution in [1.29, 1.82) is 0 Å². The number of hydrogen-bond donors (Lipinski definition) is 1. The lowest BCUT2D eigenvalue weighted by atomic mass is 10.0. The molecule has 1 N–H and O–H groups in total. The van der Waals surface area contributed by atoms with Crippen LogP contribution in [-0.4, -0.2) is 17.0 Å². The molecule has 0 fully saturated rings. The van der Waals surface area contributed by atoms with E-state index in [0.717, 1.165) is 18.2 Å². The van der Waals surface area contributed by atoms with Crippen LogP contribution in [0.25, 0.3) is 0 Å². The molecule has 0 heterocycles. The van der Waals surface area contributed by atoms with E-state index in [0.29, 0.717) is 0 Å². The number of ketones is 1. The van der Waals surface area contributed by atoms with Crippen LogP contribution in [-0.2, 0) is 0 Å². The van der Waals surface area contributed by atoms with Gasteiger partial charge in [-0.3, -0.25) is 4.79 Å². The van der Waals surface area contributed by atoms with Crippen LogP contribution in [0.2, 0.25) is 0 Å². The first-order valence-corrected chi connectivity index (χ1v) is 4.23. The van der Waals surface area contributed by atoms with Gasteiger partial charge in [-0.1, -0.05) is 6.92 Å². The summed E-state index contributed by atoms with van der Waals surface area (Å²) in [5.41, 5.74) is -0.403. The predicted molar refractivity (Wildman–Crippen MR) is 47.0 cm³/mol. The summed E-state index contributed by atoms with van der Waals surface area (Å²) in [6.07, 6.45) is -1.10. The van der Waals surface area contributed by atoms with E-state index in [2.05, 4.69) is 0 Å². The number of halogens is 2. The van der Waals surface area contributed by atoms with Crippen molar-refractivity contribution in [3.05, 3.63) is 35.4 Å². The summed E-state index contributed by atoms with van der Waals surface area (Å²) >= 11 is 0. The number of aliphatic hydroxyl groups is 1. The van der Waals surface area contributed by atoms with Crippen LogP contribution in [0.4, 0.5) is 8.78 Å². The molecule has 1 atom stereocenters. The Labute approximate surface area is 80.2 Å². The van der Waals surface area contributed by atoms with Crippen molar-refractivity contribution in [1.82, 2.24) is 0 Å². The molecule has 0 aliphatic rings. The van der Waals surface area contributed by atoms with Crippen LogP contribution in [0.15, 0.2) is 18.2 Å². The fourth-order valence-corrected chi connectivity index (χ4v) is 1.05. The quantitative estimate of drug-likeness (QED) is 0.757. The number of carbonyl (C=O) groups excluding carboxylic acids is 1. The second kappa shape index (κ2) is 4.28. The van der Waals surface area contributed by atoms with E-state index in [1.165, 1.54) is 0 Å². The number of Topliss-reactive ketones (excluding diaryl/α,β-unsaturated/α-hetero) is 1. The highest BCUT2D eigenvalue weighted by Gasteiger charge is 2.19. The molecule has 0 aliphatic carbocycles. The zero-order chi connectivity index (χ0) is 10.7. The maximum atomic E-state index is 13.0. The van der Waals surface area contributed by atoms with Crippen LogP contribution in [0, 0.1) is 11.6 Å². The van der Waals surface area contributed by atoms with Gasteiger partial charge in [-0.15, -0.1) is 0 Å². The molecule has 1 aromatic rings. The molecule has 1 unspecified atom stereocenters. The maximum absolute atomic E-state index is 13.0. The molecule has 0 saturated heterocycles. The van der Waals surface area contributed by atoms with Gasteiger partial charge in [0, 0.05) is 0 Å². The number of hydrogen-bond acceptors (Lipinski definition) is 2. The van der Waals surface area contributed by atoms with E-state index in [-0.39, 0.29) is 6.42 Å². The molecule has 0 spiro atoms. The summed E-state index contributed by atoms with van der Waals surface area (Å²) in [5.74, 6) is -2.30. The van der Waals surface area contributed by atoms with Gasteiger partial charge in [0.05, 0.1) is 5.56 Å².